The van der Waals surface area contributed by atoms with Crippen LogP contribution in [-0.2, 0) is 0 Å². The normalized spacial score (nSPS) is 10.2. The number of aromatic hydroxyl groups is 3. The minimum Gasteiger partial charge on any atom is -0.504 e. The van der Waals surface area contributed by atoms with Crippen molar-refractivity contribution >= 4 is 11.4 Å². The van der Waals surface area contributed by atoms with Crippen LogP contribution in [0.5, 0.6) is 17.2 Å². The van der Waals surface area contributed by atoms with E-state index in [1.807, 2.05) is 31.2 Å². The van der Waals surface area contributed by atoms with Crippen LogP contribution < -0.4 is 5.32 Å². The van der Waals surface area contributed by atoms with Gasteiger partial charge in [0.25, 0.3) is 0 Å². The summed E-state index contributed by atoms with van der Waals surface area (Å²) < 4.78 is 0. The predicted molar refractivity (Wildman–Crippen MR) is 65.9 cm³/mol. The van der Waals surface area contributed by atoms with Crippen LogP contribution in [0.3, 0.4) is 0 Å². The first-order valence-electron chi connectivity index (χ1n) is 5.15. The molecular formula is C13H13NO3. The quantitative estimate of drug-likeness (QED) is 0.473. The maximum Gasteiger partial charge on any atom is 0.200 e. The van der Waals surface area contributed by atoms with E-state index in [2.05, 4.69) is 5.32 Å². The molecule has 2 rings (SSSR count). The van der Waals surface area contributed by atoms with Crippen LogP contribution >= 0.6 is 0 Å². The molecule has 0 fully saturated rings. The molecule has 2 aromatic rings. The topological polar surface area (TPSA) is 72.7 Å². The predicted octanol–water partition coefficient (Wildman–Crippen LogP) is 2.86. The van der Waals surface area contributed by atoms with Gasteiger partial charge in [-0.05, 0) is 19.1 Å². The van der Waals surface area contributed by atoms with Crippen LogP contribution in [0.15, 0.2) is 36.4 Å². The van der Waals surface area contributed by atoms with Crippen molar-refractivity contribution in [1.29, 1.82) is 0 Å². The molecule has 17 heavy (non-hydrogen) atoms. The lowest BCUT2D eigenvalue weighted by molar-refractivity contribution is 0.368. The maximum absolute atomic E-state index is 9.35. The molecule has 0 saturated heterocycles. The molecule has 0 aromatic heterocycles. The van der Waals surface area contributed by atoms with Crippen LogP contribution in [0.25, 0.3) is 0 Å². The lowest BCUT2D eigenvalue weighted by atomic mass is 10.2. The van der Waals surface area contributed by atoms with Gasteiger partial charge in [0.2, 0.25) is 0 Å². The zero-order chi connectivity index (χ0) is 12.4. The third kappa shape index (κ3) is 2.42. The number of anilines is 2. The Bertz CT molecular complexity index is 512. The highest BCUT2D eigenvalue weighted by molar-refractivity contribution is 5.66. The summed E-state index contributed by atoms with van der Waals surface area (Å²) in [6, 6.07) is 10.3. The van der Waals surface area contributed by atoms with Gasteiger partial charge >= 0.3 is 0 Å². The van der Waals surface area contributed by atoms with Crippen molar-refractivity contribution in [2.75, 3.05) is 5.32 Å². The van der Waals surface area contributed by atoms with Crippen molar-refractivity contribution in [2.24, 2.45) is 0 Å². The second-order valence-electron chi connectivity index (χ2n) is 3.85. The van der Waals surface area contributed by atoms with Crippen LogP contribution in [-0.4, -0.2) is 15.3 Å². The highest BCUT2D eigenvalue weighted by atomic mass is 16.3. The van der Waals surface area contributed by atoms with Crippen LogP contribution in [0, 0.1) is 6.92 Å². The first-order valence-corrected chi connectivity index (χ1v) is 5.15. The third-order valence-corrected chi connectivity index (χ3v) is 2.41. The highest BCUT2D eigenvalue weighted by Gasteiger charge is 2.07. The monoisotopic (exact) mass is 231 g/mol. The molecule has 0 radical (unpaired) electrons. The molecular weight excluding hydrogens is 218 g/mol. The number of phenolic OH excluding ortho intramolecular Hbond substituents is 3. The Morgan fingerprint density at radius 3 is 1.88 bits per heavy atom. The van der Waals surface area contributed by atoms with E-state index < -0.39 is 5.75 Å². The molecule has 88 valence electrons. The zero-order valence-corrected chi connectivity index (χ0v) is 9.31. The van der Waals surface area contributed by atoms with Gasteiger partial charge in [0.05, 0.1) is 0 Å². The molecule has 0 heterocycles. The van der Waals surface area contributed by atoms with Crippen molar-refractivity contribution in [2.45, 2.75) is 6.92 Å². The van der Waals surface area contributed by atoms with E-state index in [0.717, 1.165) is 11.3 Å². The fraction of sp³-hybridized carbons (Fsp3) is 0.0769. The Morgan fingerprint density at radius 1 is 0.824 bits per heavy atom. The minimum absolute atomic E-state index is 0.361. The van der Waals surface area contributed by atoms with Gasteiger partial charge in [-0.25, -0.2) is 0 Å². The summed E-state index contributed by atoms with van der Waals surface area (Å²) >= 11 is 0. The minimum atomic E-state index is -0.514. The number of rotatable bonds is 2. The molecule has 0 saturated carbocycles. The Labute approximate surface area is 98.8 Å². The number of aryl methyl sites for hydroxylation is 1. The van der Waals surface area contributed by atoms with Gasteiger partial charge in [-0.3, -0.25) is 0 Å². The number of benzene rings is 2. The fourth-order valence-corrected chi connectivity index (χ4v) is 1.48. The van der Waals surface area contributed by atoms with Crippen molar-refractivity contribution < 1.29 is 15.3 Å². The Morgan fingerprint density at radius 2 is 1.35 bits per heavy atom. The summed E-state index contributed by atoms with van der Waals surface area (Å²) in [5, 5.41) is 30.9. The molecule has 4 heteroatoms. The molecule has 0 unspecified atom stereocenters. The molecule has 0 bridgehead atoms. The summed E-state index contributed by atoms with van der Waals surface area (Å²) in [5.41, 5.74) is 2.48. The highest BCUT2D eigenvalue weighted by Crippen LogP contribution is 2.38. The van der Waals surface area contributed by atoms with E-state index in [1.54, 1.807) is 0 Å². The van der Waals surface area contributed by atoms with Gasteiger partial charge in [-0.15, -0.1) is 0 Å². The molecule has 0 aliphatic rings. The summed E-state index contributed by atoms with van der Waals surface area (Å²) in [7, 11) is 0. The van der Waals surface area contributed by atoms with Gasteiger partial charge in [0, 0.05) is 23.5 Å². The van der Waals surface area contributed by atoms with Gasteiger partial charge in [-0.2, -0.15) is 0 Å². The van der Waals surface area contributed by atoms with Crippen molar-refractivity contribution in [3.05, 3.63) is 42.0 Å². The Hall–Kier alpha value is -2.36. The van der Waals surface area contributed by atoms with Gasteiger partial charge < -0.3 is 20.6 Å². The zero-order valence-electron chi connectivity index (χ0n) is 9.31. The average Bonchev–Trinajstić information content (AvgIpc) is 2.29. The third-order valence-electron chi connectivity index (χ3n) is 2.41. The second-order valence-corrected chi connectivity index (χ2v) is 3.85. The lowest BCUT2D eigenvalue weighted by Gasteiger charge is -2.09. The maximum atomic E-state index is 9.35. The van der Waals surface area contributed by atoms with E-state index in [9.17, 15) is 15.3 Å². The Balaban J connectivity index is 2.27. The molecule has 0 spiro atoms. The molecule has 0 aliphatic carbocycles. The van der Waals surface area contributed by atoms with E-state index in [4.69, 9.17) is 0 Å². The molecule has 4 nitrogen and oxygen atoms in total. The molecule has 2 aromatic carbocycles. The SMILES string of the molecule is Cc1ccc(Nc2cc(O)c(O)c(O)c2)cc1. The molecule has 4 N–H and O–H groups in total. The van der Waals surface area contributed by atoms with E-state index in [0.29, 0.717) is 5.69 Å². The summed E-state index contributed by atoms with van der Waals surface area (Å²) in [4.78, 5) is 0. The first-order chi connectivity index (χ1) is 8.06. The standard InChI is InChI=1S/C13H13NO3/c1-8-2-4-9(5-3-8)14-10-6-11(15)13(17)12(16)7-10/h2-7,14-17H,1H3. The van der Waals surface area contributed by atoms with Gasteiger partial charge in [-0.1, -0.05) is 17.7 Å². The van der Waals surface area contributed by atoms with Gasteiger partial charge in [0.1, 0.15) is 0 Å². The van der Waals surface area contributed by atoms with Crippen LogP contribution in [0.1, 0.15) is 5.56 Å². The van der Waals surface area contributed by atoms with E-state index >= 15 is 0 Å². The summed E-state index contributed by atoms with van der Waals surface area (Å²) in [5.74, 6) is -1.24. The number of phenols is 3. The number of hydrogen-bond donors (Lipinski definition) is 4. The van der Waals surface area contributed by atoms with Crippen LogP contribution in [0.2, 0.25) is 0 Å². The Kier molecular flexibility index (Phi) is 2.78. The van der Waals surface area contributed by atoms with Crippen molar-refractivity contribution in [1.82, 2.24) is 0 Å². The number of nitrogens with one attached hydrogen (secondary N) is 1. The van der Waals surface area contributed by atoms with Crippen molar-refractivity contribution in [3.8, 4) is 17.2 Å². The number of hydrogen-bond acceptors (Lipinski definition) is 4. The molecule has 0 aliphatic heterocycles. The first kappa shape index (κ1) is 11.1. The molecule has 0 atom stereocenters. The van der Waals surface area contributed by atoms with Crippen LogP contribution in [0.4, 0.5) is 11.4 Å². The summed E-state index contributed by atoms with van der Waals surface area (Å²) in [6.07, 6.45) is 0. The summed E-state index contributed by atoms with van der Waals surface area (Å²) in [6.45, 7) is 1.99. The lowest BCUT2D eigenvalue weighted by Crippen LogP contribution is -1.90. The second kappa shape index (κ2) is 4.25. The van der Waals surface area contributed by atoms with E-state index in [-0.39, 0.29) is 11.5 Å². The molecule has 0 amide bonds. The fourth-order valence-electron chi connectivity index (χ4n) is 1.48. The average molecular weight is 231 g/mol. The smallest absolute Gasteiger partial charge is 0.200 e. The van der Waals surface area contributed by atoms with Crippen molar-refractivity contribution in [3.63, 3.8) is 0 Å². The van der Waals surface area contributed by atoms with E-state index in [1.165, 1.54) is 12.1 Å². The largest absolute Gasteiger partial charge is 0.504 e. The van der Waals surface area contributed by atoms with Gasteiger partial charge in [0.15, 0.2) is 17.2 Å².